The van der Waals surface area contributed by atoms with Crippen molar-refractivity contribution < 1.29 is 14.3 Å². The Hall–Kier alpha value is -2.82. The van der Waals surface area contributed by atoms with Gasteiger partial charge in [0.05, 0.1) is 12.3 Å². The maximum atomic E-state index is 12.2. The van der Waals surface area contributed by atoms with Crippen molar-refractivity contribution >= 4 is 17.5 Å². The molecule has 3 rings (SSSR count). The van der Waals surface area contributed by atoms with Crippen LogP contribution in [0.4, 0.5) is 5.69 Å². The number of carbonyl (C=O) groups excluding carboxylic acids is 2. The molecule has 0 spiro atoms. The van der Waals surface area contributed by atoms with Crippen molar-refractivity contribution in [2.75, 3.05) is 18.5 Å². The number of hydrogen-bond donors (Lipinski definition) is 2. The quantitative estimate of drug-likeness (QED) is 0.715. The molecule has 0 aromatic heterocycles. The average molecular weight is 366 g/mol. The van der Waals surface area contributed by atoms with Crippen LogP contribution in [-0.4, -0.2) is 25.0 Å². The summed E-state index contributed by atoms with van der Waals surface area (Å²) in [6.45, 7) is 2.95. The zero-order chi connectivity index (χ0) is 19.1. The first-order valence-corrected chi connectivity index (χ1v) is 9.47. The van der Waals surface area contributed by atoms with Crippen molar-refractivity contribution in [3.05, 3.63) is 60.2 Å². The lowest BCUT2D eigenvalue weighted by Crippen LogP contribution is -2.29. The third-order valence-electron chi connectivity index (χ3n) is 4.75. The Morgan fingerprint density at radius 1 is 1.07 bits per heavy atom. The van der Waals surface area contributed by atoms with E-state index in [1.54, 1.807) is 0 Å². The van der Waals surface area contributed by atoms with Gasteiger partial charge in [-0.05, 0) is 30.0 Å². The molecule has 1 fully saturated rings. The number of hydrogen-bond acceptors (Lipinski definition) is 3. The van der Waals surface area contributed by atoms with Crippen LogP contribution in [0.25, 0.3) is 0 Å². The summed E-state index contributed by atoms with van der Waals surface area (Å²) in [5.41, 5.74) is 1.86. The minimum atomic E-state index is -0.141. The van der Waals surface area contributed by atoms with Gasteiger partial charge in [-0.1, -0.05) is 49.4 Å². The van der Waals surface area contributed by atoms with Gasteiger partial charge in [-0.15, -0.1) is 0 Å². The highest BCUT2D eigenvalue weighted by atomic mass is 16.5. The van der Waals surface area contributed by atoms with E-state index >= 15 is 0 Å². The molecule has 5 heteroatoms. The zero-order valence-corrected chi connectivity index (χ0v) is 15.6. The van der Waals surface area contributed by atoms with E-state index in [-0.39, 0.29) is 24.2 Å². The van der Waals surface area contributed by atoms with Crippen LogP contribution in [-0.2, 0) is 16.0 Å². The lowest BCUT2D eigenvalue weighted by molar-refractivity contribution is -0.122. The Kier molecular flexibility index (Phi) is 6.47. The number of ether oxygens (including phenoxy) is 1. The summed E-state index contributed by atoms with van der Waals surface area (Å²) in [4.78, 5) is 24.0. The topological polar surface area (TPSA) is 67.4 Å². The highest BCUT2D eigenvalue weighted by Gasteiger charge is 2.38. The van der Waals surface area contributed by atoms with Gasteiger partial charge >= 0.3 is 0 Å². The van der Waals surface area contributed by atoms with Crippen LogP contribution >= 0.6 is 0 Å². The predicted molar refractivity (Wildman–Crippen MR) is 106 cm³/mol. The number of anilines is 1. The molecule has 27 heavy (non-hydrogen) atoms. The van der Waals surface area contributed by atoms with Gasteiger partial charge in [-0.25, -0.2) is 0 Å². The molecular formula is C22H26N2O3. The maximum Gasteiger partial charge on any atom is 0.226 e. The van der Waals surface area contributed by atoms with Crippen LogP contribution in [0.1, 0.15) is 25.3 Å². The lowest BCUT2D eigenvalue weighted by Gasteiger charge is -2.13. The van der Waals surface area contributed by atoms with E-state index in [9.17, 15) is 9.59 Å². The molecule has 0 saturated heterocycles. The summed E-state index contributed by atoms with van der Waals surface area (Å²) < 4.78 is 5.85. The highest BCUT2D eigenvalue weighted by Crippen LogP contribution is 2.37. The molecule has 142 valence electrons. The standard InChI is InChI=1S/C22H26N2O3/c1-16-15-18(16)22(26)23-13-11-21(25)24-19-9-5-6-10-20(19)27-14-12-17-7-3-2-4-8-17/h2-10,16,18H,11-15H2,1H3,(H,23,26)(H,24,25). The molecule has 1 saturated carbocycles. The molecule has 1 aliphatic rings. The fraction of sp³-hybridized carbons (Fsp3) is 0.364. The van der Waals surface area contributed by atoms with E-state index in [0.717, 1.165) is 12.8 Å². The van der Waals surface area contributed by atoms with Crippen LogP contribution in [0.5, 0.6) is 5.75 Å². The highest BCUT2D eigenvalue weighted by molar-refractivity contribution is 5.92. The second kappa shape index (κ2) is 9.21. The third-order valence-corrected chi connectivity index (χ3v) is 4.75. The summed E-state index contributed by atoms with van der Waals surface area (Å²) in [6.07, 6.45) is 1.99. The van der Waals surface area contributed by atoms with Crippen LogP contribution in [0.15, 0.2) is 54.6 Å². The fourth-order valence-electron chi connectivity index (χ4n) is 2.95. The van der Waals surface area contributed by atoms with E-state index in [2.05, 4.69) is 29.7 Å². The van der Waals surface area contributed by atoms with Crippen molar-refractivity contribution in [1.29, 1.82) is 0 Å². The molecule has 2 atom stereocenters. The van der Waals surface area contributed by atoms with Gasteiger partial charge in [-0.3, -0.25) is 9.59 Å². The Bertz CT molecular complexity index is 776. The first-order chi connectivity index (χ1) is 13.1. The van der Waals surface area contributed by atoms with Crippen molar-refractivity contribution in [1.82, 2.24) is 5.32 Å². The number of carbonyl (C=O) groups is 2. The molecule has 5 nitrogen and oxygen atoms in total. The Morgan fingerprint density at radius 3 is 2.52 bits per heavy atom. The van der Waals surface area contributed by atoms with E-state index in [1.165, 1.54) is 5.56 Å². The SMILES string of the molecule is CC1CC1C(=O)NCCC(=O)Nc1ccccc1OCCc1ccccc1. The van der Waals surface area contributed by atoms with Crippen LogP contribution in [0.3, 0.4) is 0 Å². The molecule has 2 amide bonds. The molecule has 2 unspecified atom stereocenters. The van der Waals surface area contributed by atoms with E-state index in [0.29, 0.717) is 30.5 Å². The molecule has 0 heterocycles. The normalized spacial score (nSPS) is 17.8. The number of nitrogens with one attached hydrogen (secondary N) is 2. The first kappa shape index (κ1) is 19.0. The lowest BCUT2D eigenvalue weighted by atomic mass is 10.2. The van der Waals surface area contributed by atoms with Gasteiger partial charge in [0, 0.05) is 25.3 Å². The summed E-state index contributed by atoms with van der Waals surface area (Å²) in [5, 5.41) is 5.70. The zero-order valence-electron chi connectivity index (χ0n) is 15.6. The Balaban J connectivity index is 1.43. The molecule has 2 aromatic carbocycles. The number of benzene rings is 2. The molecular weight excluding hydrogens is 340 g/mol. The van der Waals surface area contributed by atoms with Crippen molar-refractivity contribution in [2.24, 2.45) is 11.8 Å². The monoisotopic (exact) mass is 366 g/mol. The minimum Gasteiger partial charge on any atom is -0.491 e. The molecule has 2 N–H and O–H groups in total. The Morgan fingerprint density at radius 2 is 1.78 bits per heavy atom. The molecule has 0 aliphatic heterocycles. The van der Waals surface area contributed by atoms with Crippen LogP contribution < -0.4 is 15.4 Å². The van der Waals surface area contributed by atoms with E-state index < -0.39 is 0 Å². The van der Waals surface area contributed by atoms with Gasteiger partial charge in [0.15, 0.2) is 0 Å². The van der Waals surface area contributed by atoms with Gasteiger partial charge in [0.2, 0.25) is 11.8 Å². The largest absolute Gasteiger partial charge is 0.491 e. The summed E-state index contributed by atoms with van der Waals surface area (Å²) >= 11 is 0. The summed E-state index contributed by atoms with van der Waals surface area (Å²) in [6, 6.07) is 17.5. The molecule has 2 aromatic rings. The van der Waals surface area contributed by atoms with Gasteiger partial charge in [0.1, 0.15) is 5.75 Å². The van der Waals surface area contributed by atoms with Gasteiger partial charge in [0.25, 0.3) is 0 Å². The smallest absolute Gasteiger partial charge is 0.226 e. The third kappa shape index (κ3) is 5.84. The average Bonchev–Trinajstić information content (AvgIpc) is 3.41. The van der Waals surface area contributed by atoms with Gasteiger partial charge < -0.3 is 15.4 Å². The second-order valence-electron chi connectivity index (χ2n) is 6.99. The van der Waals surface area contributed by atoms with E-state index in [1.807, 2.05) is 42.5 Å². The number of amides is 2. The first-order valence-electron chi connectivity index (χ1n) is 9.47. The second-order valence-corrected chi connectivity index (χ2v) is 6.99. The minimum absolute atomic E-state index is 0.0555. The number of para-hydroxylation sites is 2. The van der Waals surface area contributed by atoms with E-state index in [4.69, 9.17) is 4.74 Å². The van der Waals surface area contributed by atoms with Crippen molar-refractivity contribution in [3.63, 3.8) is 0 Å². The van der Waals surface area contributed by atoms with Crippen molar-refractivity contribution in [3.8, 4) is 5.75 Å². The van der Waals surface area contributed by atoms with Crippen LogP contribution in [0.2, 0.25) is 0 Å². The fourth-order valence-corrected chi connectivity index (χ4v) is 2.95. The Labute approximate surface area is 160 Å². The van der Waals surface area contributed by atoms with Crippen molar-refractivity contribution in [2.45, 2.75) is 26.2 Å². The summed E-state index contributed by atoms with van der Waals surface area (Å²) in [5.74, 6) is 1.17. The molecule has 1 aliphatic carbocycles. The maximum absolute atomic E-state index is 12.2. The number of rotatable bonds is 9. The summed E-state index contributed by atoms with van der Waals surface area (Å²) in [7, 11) is 0. The van der Waals surface area contributed by atoms with Gasteiger partial charge in [-0.2, -0.15) is 0 Å². The molecule has 0 radical (unpaired) electrons. The molecule has 0 bridgehead atoms. The van der Waals surface area contributed by atoms with Crippen LogP contribution in [0, 0.1) is 11.8 Å². The predicted octanol–water partition coefficient (Wildman–Crippen LogP) is 3.41.